The molecule has 1 N–H and O–H groups in total. The van der Waals surface area contributed by atoms with Gasteiger partial charge in [0.25, 0.3) is 0 Å². The molecule has 2 rings (SSSR count). The molecule has 2 aliphatic heterocycles. The van der Waals surface area contributed by atoms with Gasteiger partial charge in [0.2, 0.25) is 0 Å². The second-order valence-electron chi connectivity index (χ2n) is 6.09. The largest absolute Gasteiger partial charge is 0.381 e. The van der Waals surface area contributed by atoms with Crippen LogP contribution in [0.5, 0.6) is 0 Å². The molecule has 0 bridgehead atoms. The van der Waals surface area contributed by atoms with E-state index in [0.717, 1.165) is 25.8 Å². The fourth-order valence-corrected chi connectivity index (χ4v) is 3.46. The third-order valence-electron chi connectivity index (χ3n) is 4.77. The van der Waals surface area contributed by atoms with Crippen molar-refractivity contribution in [1.82, 2.24) is 15.1 Å². The Balaban J connectivity index is 1.84. The summed E-state index contributed by atoms with van der Waals surface area (Å²) >= 11 is 0. The topological polar surface area (TPSA) is 27.7 Å². The van der Waals surface area contributed by atoms with Crippen LogP contribution in [0.3, 0.4) is 0 Å². The summed E-state index contributed by atoms with van der Waals surface area (Å²) in [6, 6.07) is 1.38. The van der Waals surface area contributed by atoms with E-state index < -0.39 is 0 Å². The van der Waals surface area contributed by atoms with Crippen molar-refractivity contribution in [3.8, 4) is 0 Å². The van der Waals surface area contributed by atoms with E-state index >= 15 is 0 Å². The molecular formula is C15H31N3O. The van der Waals surface area contributed by atoms with E-state index in [1.165, 1.54) is 39.0 Å². The van der Waals surface area contributed by atoms with Gasteiger partial charge < -0.3 is 19.9 Å². The minimum Gasteiger partial charge on any atom is -0.381 e. The van der Waals surface area contributed by atoms with Crippen LogP contribution in [0.4, 0.5) is 0 Å². The summed E-state index contributed by atoms with van der Waals surface area (Å²) in [5.41, 5.74) is 0. The first-order valence-corrected chi connectivity index (χ1v) is 7.98. The average molecular weight is 269 g/mol. The number of nitrogens with one attached hydrogen (secondary N) is 1. The van der Waals surface area contributed by atoms with Crippen molar-refractivity contribution in [1.29, 1.82) is 0 Å². The fourth-order valence-electron chi connectivity index (χ4n) is 3.46. The van der Waals surface area contributed by atoms with Gasteiger partial charge in [0, 0.05) is 50.8 Å². The summed E-state index contributed by atoms with van der Waals surface area (Å²) in [5, 5.41) is 3.64. The molecule has 2 fully saturated rings. The van der Waals surface area contributed by atoms with Gasteiger partial charge in [0.05, 0.1) is 6.61 Å². The van der Waals surface area contributed by atoms with Crippen molar-refractivity contribution in [2.75, 3.05) is 53.0 Å². The van der Waals surface area contributed by atoms with Crippen molar-refractivity contribution in [3.63, 3.8) is 0 Å². The maximum absolute atomic E-state index is 5.70. The molecule has 0 radical (unpaired) electrons. The van der Waals surface area contributed by atoms with E-state index in [1.807, 2.05) is 0 Å². The van der Waals surface area contributed by atoms with Crippen LogP contribution >= 0.6 is 0 Å². The first-order valence-electron chi connectivity index (χ1n) is 7.98. The first-order chi connectivity index (χ1) is 9.24. The molecule has 4 heteroatoms. The number of rotatable bonds is 5. The van der Waals surface area contributed by atoms with Crippen LogP contribution in [-0.2, 0) is 4.74 Å². The number of likely N-dealkylation sites (N-methyl/N-ethyl adjacent to an activating group) is 1. The van der Waals surface area contributed by atoms with Gasteiger partial charge >= 0.3 is 0 Å². The van der Waals surface area contributed by atoms with E-state index in [4.69, 9.17) is 4.74 Å². The molecule has 3 atom stereocenters. The number of nitrogens with zero attached hydrogens (tertiary/aromatic N) is 2. The van der Waals surface area contributed by atoms with E-state index in [0.29, 0.717) is 12.0 Å². The smallest absolute Gasteiger partial charge is 0.0521 e. The normalized spacial score (nSPS) is 34.6. The summed E-state index contributed by atoms with van der Waals surface area (Å²) in [6.45, 7) is 12.3. The first kappa shape index (κ1) is 15.2. The molecule has 112 valence electrons. The standard InChI is InChI=1S/C15H31N3O/c1-4-14-11-18(8-7-17(14)3)10-13-12-19-9-6-15(13)16-5-2/h13-16H,4-12H2,1-3H3. The van der Waals surface area contributed by atoms with E-state index in [1.54, 1.807) is 0 Å². The zero-order valence-electron chi connectivity index (χ0n) is 12.9. The second-order valence-corrected chi connectivity index (χ2v) is 6.09. The highest BCUT2D eigenvalue weighted by Crippen LogP contribution is 2.19. The third kappa shape index (κ3) is 4.15. The zero-order valence-corrected chi connectivity index (χ0v) is 12.9. The number of piperazine rings is 1. The molecule has 0 aromatic carbocycles. The molecule has 0 saturated carbocycles. The maximum atomic E-state index is 5.70. The predicted octanol–water partition coefficient (Wildman–Crippen LogP) is 1.03. The van der Waals surface area contributed by atoms with Crippen molar-refractivity contribution in [3.05, 3.63) is 0 Å². The van der Waals surface area contributed by atoms with Gasteiger partial charge in [-0.1, -0.05) is 13.8 Å². The zero-order chi connectivity index (χ0) is 13.7. The van der Waals surface area contributed by atoms with Crippen molar-refractivity contribution in [2.24, 2.45) is 5.92 Å². The molecule has 2 saturated heterocycles. The lowest BCUT2D eigenvalue weighted by molar-refractivity contribution is 0.00306. The van der Waals surface area contributed by atoms with Gasteiger partial charge in [-0.25, -0.2) is 0 Å². The van der Waals surface area contributed by atoms with Crippen molar-refractivity contribution in [2.45, 2.75) is 38.8 Å². The molecule has 0 amide bonds. The Morgan fingerprint density at radius 1 is 1.26 bits per heavy atom. The Morgan fingerprint density at radius 2 is 2.11 bits per heavy atom. The molecule has 0 aromatic rings. The number of ether oxygens (including phenoxy) is 1. The summed E-state index contributed by atoms with van der Waals surface area (Å²) < 4.78 is 5.70. The second kappa shape index (κ2) is 7.58. The SMILES string of the molecule is CCNC1CCOCC1CN1CCN(C)C(CC)C1. The fraction of sp³-hybridized carbons (Fsp3) is 1.00. The Bertz CT molecular complexity index is 260. The van der Waals surface area contributed by atoms with Gasteiger partial charge in [0.1, 0.15) is 0 Å². The van der Waals surface area contributed by atoms with Gasteiger partial charge in [-0.2, -0.15) is 0 Å². The minimum absolute atomic E-state index is 0.651. The number of hydrogen-bond acceptors (Lipinski definition) is 4. The van der Waals surface area contributed by atoms with Gasteiger partial charge in [-0.3, -0.25) is 0 Å². The minimum atomic E-state index is 0.651. The van der Waals surface area contributed by atoms with Crippen LogP contribution in [0.1, 0.15) is 26.7 Å². The highest BCUT2D eigenvalue weighted by atomic mass is 16.5. The quantitative estimate of drug-likeness (QED) is 0.807. The summed E-state index contributed by atoms with van der Waals surface area (Å²) in [6.07, 6.45) is 2.42. The molecule has 3 unspecified atom stereocenters. The lowest BCUT2D eigenvalue weighted by Gasteiger charge is -2.42. The Kier molecular flexibility index (Phi) is 6.07. The lowest BCUT2D eigenvalue weighted by Crippen LogP contribution is -2.55. The van der Waals surface area contributed by atoms with Crippen LogP contribution in [0.2, 0.25) is 0 Å². The van der Waals surface area contributed by atoms with Crippen LogP contribution in [0, 0.1) is 5.92 Å². The molecule has 2 aliphatic rings. The summed E-state index contributed by atoms with van der Waals surface area (Å²) in [5.74, 6) is 0.662. The molecule has 19 heavy (non-hydrogen) atoms. The highest BCUT2D eigenvalue weighted by molar-refractivity contribution is 4.85. The molecule has 0 aromatic heterocycles. The summed E-state index contributed by atoms with van der Waals surface area (Å²) in [7, 11) is 2.26. The van der Waals surface area contributed by atoms with Crippen LogP contribution in [0.15, 0.2) is 0 Å². The highest BCUT2D eigenvalue weighted by Gasteiger charge is 2.29. The maximum Gasteiger partial charge on any atom is 0.0521 e. The molecule has 4 nitrogen and oxygen atoms in total. The van der Waals surface area contributed by atoms with Crippen molar-refractivity contribution >= 4 is 0 Å². The Labute approximate surface area is 118 Å². The lowest BCUT2D eigenvalue weighted by atomic mass is 9.94. The molecular weight excluding hydrogens is 238 g/mol. The monoisotopic (exact) mass is 269 g/mol. The Hall–Kier alpha value is -0.160. The van der Waals surface area contributed by atoms with E-state index in [2.05, 4.69) is 36.0 Å². The Morgan fingerprint density at radius 3 is 2.84 bits per heavy atom. The van der Waals surface area contributed by atoms with E-state index in [9.17, 15) is 0 Å². The van der Waals surface area contributed by atoms with E-state index in [-0.39, 0.29) is 0 Å². The number of hydrogen-bond donors (Lipinski definition) is 1. The van der Waals surface area contributed by atoms with Gasteiger partial charge in [0.15, 0.2) is 0 Å². The third-order valence-corrected chi connectivity index (χ3v) is 4.77. The molecule has 0 aliphatic carbocycles. The average Bonchev–Trinajstić information content (AvgIpc) is 2.43. The molecule has 2 heterocycles. The van der Waals surface area contributed by atoms with Gasteiger partial charge in [-0.15, -0.1) is 0 Å². The van der Waals surface area contributed by atoms with Crippen LogP contribution < -0.4 is 5.32 Å². The van der Waals surface area contributed by atoms with Crippen LogP contribution in [-0.4, -0.2) is 74.9 Å². The van der Waals surface area contributed by atoms with Gasteiger partial charge in [-0.05, 0) is 26.4 Å². The predicted molar refractivity (Wildman–Crippen MR) is 79.5 cm³/mol. The van der Waals surface area contributed by atoms with Crippen LogP contribution in [0.25, 0.3) is 0 Å². The summed E-state index contributed by atoms with van der Waals surface area (Å²) in [4.78, 5) is 5.16. The molecule has 0 spiro atoms. The van der Waals surface area contributed by atoms with Crippen molar-refractivity contribution < 1.29 is 4.74 Å².